The van der Waals surface area contributed by atoms with Gasteiger partial charge in [0.15, 0.2) is 0 Å². The van der Waals surface area contributed by atoms with E-state index in [0.717, 1.165) is 0 Å². The number of sulfonamides is 1. The van der Waals surface area contributed by atoms with Crippen molar-refractivity contribution in [2.75, 3.05) is 26.2 Å². The number of aliphatic hydroxyl groups excluding tert-OH is 1. The zero-order valence-electron chi connectivity index (χ0n) is 13.9. The van der Waals surface area contributed by atoms with E-state index in [0.29, 0.717) is 44.6 Å². The summed E-state index contributed by atoms with van der Waals surface area (Å²) >= 11 is 6.08. The predicted octanol–water partition coefficient (Wildman–Crippen LogP) is 1.97. The number of amides is 1. The second-order valence-corrected chi connectivity index (χ2v) is 8.07. The lowest BCUT2D eigenvalue weighted by Gasteiger charge is -2.29. The Balaban J connectivity index is 2.33. The zero-order valence-corrected chi connectivity index (χ0v) is 15.5. The van der Waals surface area contributed by atoms with Crippen LogP contribution in [0.2, 0.25) is 5.02 Å². The lowest BCUT2D eigenvalue weighted by atomic mass is 10.1. The maximum Gasteiger partial charge on any atom is 0.253 e. The van der Waals surface area contributed by atoms with Crippen molar-refractivity contribution in [1.82, 2.24) is 9.21 Å². The molecule has 1 amide bonds. The van der Waals surface area contributed by atoms with Gasteiger partial charge in [0.25, 0.3) is 5.91 Å². The molecule has 1 fully saturated rings. The van der Waals surface area contributed by atoms with Gasteiger partial charge in [-0.2, -0.15) is 4.31 Å². The van der Waals surface area contributed by atoms with Crippen LogP contribution >= 0.6 is 11.6 Å². The highest BCUT2D eigenvalue weighted by Gasteiger charge is 2.27. The van der Waals surface area contributed by atoms with Gasteiger partial charge in [-0.3, -0.25) is 4.79 Å². The van der Waals surface area contributed by atoms with Crippen molar-refractivity contribution in [3.05, 3.63) is 28.8 Å². The molecule has 1 N–H and O–H groups in total. The third-order valence-electron chi connectivity index (χ3n) is 4.25. The van der Waals surface area contributed by atoms with Crippen LogP contribution in [0.25, 0.3) is 0 Å². The van der Waals surface area contributed by atoms with E-state index in [4.69, 9.17) is 11.6 Å². The normalized spacial score (nSPS) is 16.6. The fourth-order valence-electron chi connectivity index (χ4n) is 2.79. The first kappa shape index (κ1) is 19.2. The Hall–Kier alpha value is -1.15. The van der Waals surface area contributed by atoms with Crippen LogP contribution in [0, 0.1) is 0 Å². The summed E-state index contributed by atoms with van der Waals surface area (Å²) in [6.45, 7) is 5.09. The standard InChI is InChI=1S/C16H23ClN2O4S/c1-3-19(4-2)24(22,23)15-11-12(5-6-14(15)17)16(21)18-9-7-13(20)8-10-18/h5-6,11,13,20H,3-4,7-10H2,1-2H3. The molecule has 0 atom stereocenters. The molecule has 0 aliphatic carbocycles. The Bertz CT molecular complexity index is 696. The number of nitrogens with zero attached hydrogens (tertiary/aromatic N) is 2. The number of aliphatic hydroxyl groups is 1. The van der Waals surface area contributed by atoms with Crippen LogP contribution in [0.3, 0.4) is 0 Å². The van der Waals surface area contributed by atoms with Crippen molar-refractivity contribution in [3.63, 3.8) is 0 Å². The number of piperidine rings is 1. The lowest BCUT2D eigenvalue weighted by Crippen LogP contribution is -2.40. The van der Waals surface area contributed by atoms with Gasteiger partial charge in [-0.05, 0) is 31.0 Å². The van der Waals surface area contributed by atoms with Gasteiger partial charge in [0.05, 0.1) is 11.1 Å². The molecule has 8 heteroatoms. The summed E-state index contributed by atoms with van der Waals surface area (Å²) in [4.78, 5) is 14.2. The molecule has 1 saturated heterocycles. The summed E-state index contributed by atoms with van der Waals surface area (Å²) in [5, 5.41) is 9.65. The van der Waals surface area contributed by atoms with E-state index in [9.17, 15) is 18.3 Å². The number of benzene rings is 1. The molecule has 0 spiro atoms. The fourth-order valence-corrected chi connectivity index (χ4v) is 4.75. The number of carbonyl (C=O) groups excluding carboxylic acids is 1. The second-order valence-electron chi connectivity index (χ2n) is 5.76. The van der Waals surface area contributed by atoms with E-state index in [2.05, 4.69) is 0 Å². The van der Waals surface area contributed by atoms with E-state index < -0.39 is 10.0 Å². The highest BCUT2D eigenvalue weighted by Crippen LogP contribution is 2.27. The van der Waals surface area contributed by atoms with E-state index in [1.54, 1.807) is 18.7 Å². The van der Waals surface area contributed by atoms with Crippen LogP contribution in [0.1, 0.15) is 37.0 Å². The van der Waals surface area contributed by atoms with E-state index in [1.807, 2.05) is 0 Å². The molecule has 1 aromatic carbocycles. The van der Waals surface area contributed by atoms with Gasteiger partial charge in [-0.15, -0.1) is 0 Å². The zero-order chi connectivity index (χ0) is 17.9. The van der Waals surface area contributed by atoms with Crippen molar-refractivity contribution in [2.45, 2.75) is 37.7 Å². The van der Waals surface area contributed by atoms with Crippen LogP contribution in [-0.4, -0.2) is 60.9 Å². The van der Waals surface area contributed by atoms with Crippen molar-refractivity contribution in [3.8, 4) is 0 Å². The van der Waals surface area contributed by atoms with Gasteiger partial charge in [-0.25, -0.2) is 8.42 Å². The number of halogens is 1. The molecule has 0 aromatic heterocycles. The molecule has 0 unspecified atom stereocenters. The lowest BCUT2D eigenvalue weighted by molar-refractivity contribution is 0.0546. The molecular formula is C16H23ClN2O4S. The smallest absolute Gasteiger partial charge is 0.253 e. The average molecular weight is 375 g/mol. The van der Waals surface area contributed by atoms with Gasteiger partial charge in [0.1, 0.15) is 4.90 Å². The Kier molecular flexibility index (Phi) is 6.25. The van der Waals surface area contributed by atoms with Gasteiger partial charge in [-0.1, -0.05) is 25.4 Å². The molecule has 1 heterocycles. The monoisotopic (exact) mass is 374 g/mol. The van der Waals surface area contributed by atoms with Gasteiger partial charge < -0.3 is 10.0 Å². The third-order valence-corrected chi connectivity index (χ3v) is 6.78. The summed E-state index contributed by atoms with van der Waals surface area (Å²) < 4.78 is 26.7. The minimum atomic E-state index is -3.74. The molecule has 6 nitrogen and oxygen atoms in total. The molecule has 2 rings (SSSR count). The number of rotatable bonds is 5. The van der Waals surface area contributed by atoms with Crippen molar-refractivity contribution >= 4 is 27.5 Å². The summed E-state index contributed by atoms with van der Waals surface area (Å²) in [6.07, 6.45) is 0.686. The maximum atomic E-state index is 12.7. The quantitative estimate of drug-likeness (QED) is 0.854. The molecule has 0 radical (unpaired) electrons. The molecule has 0 bridgehead atoms. The first-order valence-corrected chi connectivity index (χ1v) is 9.90. The fraction of sp³-hybridized carbons (Fsp3) is 0.562. The number of hydrogen-bond donors (Lipinski definition) is 1. The Morgan fingerprint density at radius 3 is 2.42 bits per heavy atom. The summed E-state index contributed by atoms with van der Waals surface area (Å²) in [7, 11) is -3.74. The number of likely N-dealkylation sites (tertiary alicyclic amines) is 1. The SMILES string of the molecule is CCN(CC)S(=O)(=O)c1cc(C(=O)N2CCC(O)CC2)ccc1Cl. The van der Waals surface area contributed by atoms with Crippen LogP contribution in [-0.2, 0) is 10.0 Å². The van der Waals surface area contributed by atoms with E-state index >= 15 is 0 Å². The second kappa shape index (κ2) is 7.82. The third kappa shape index (κ3) is 3.91. The van der Waals surface area contributed by atoms with Crippen LogP contribution in [0.4, 0.5) is 0 Å². The van der Waals surface area contributed by atoms with Crippen molar-refractivity contribution in [2.24, 2.45) is 0 Å². The average Bonchev–Trinajstić information content (AvgIpc) is 2.56. The van der Waals surface area contributed by atoms with Crippen LogP contribution in [0.15, 0.2) is 23.1 Å². The molecular weight excluding hydrogens is 352 g/mol. The Morgan fingerprint density at radius 2 is 1.88 bits per heavy atom. The summed E-state index contributed by atoms with van der Waals surface area (Å²) in [6, 6.07) is 4.34. The Morgan fingerprint density at radius 1 is 1.29 bits per heavy atom. The van der Waals surface area contributed by atoms with Gasteiger partial charge >= 0.3 is 0 Å². The van der Waals surface area contributed by atoms with Crippen LogP contribution in [0.5, 0.6) is 0 Å². The minimum absolute atomic E-state index is 0.0456. The number of carbonyl (C=O) groups is 1. The minimum Gasteiger partial charge on any atom is -0.393 e. The van der Waals surface area contributed by atoms with Crippen LogP contribution < -0.4 is 0 Å². The molecule has 1 aliphatic rings. The summed E-state index contributed by atoms with van der Waals surface area (Å²) in [5.74, 6) is -0.241. The van der Waals surface area contributed by atoms with E-state index in [-0.39, 0.29) is 21.9 Å². The molecule has 0 saturated carbocycles. The predicted molar refractivity (Wildman–Crippen MR) is 92.7 cm³/mol. The highest BCUT2D eigenvalue weighted by molar-refractivity contribution is 7.89. The molecule has 134 valence electrons. The number of hydrogen-bond acceptors (Lipinski definition) is 4. The van der Waals surface area contributed by atoms with Gasteiger partial charge in [0, 0.05) is 31.7 Å². The van der Waals surface area contributed by atoms with Crippen molar-refractivity contribution < 1.29 is 18.3 Å². The Labute approximate surface area is 148 Å². The van der Waals surface area contributed by atoms with Crippen molar-refractivity contribution in [1.29, 1.82) is 0 Å². The molecule has 24 heavy (non-hydrogen) atoms. The first-order valence-electron chi connectivity index (χ1n) is 8.08. The summed E-state index contributed by atoms with van der Waals surface area (Å²) in [5.41, 5.74) is 0.293. The maximum absolute atomic E-state index is 12.7. The molecule has 1 aromatic rings. The van der Waals surface area contributed by atoms with E-state index in [1.165, 1.54) is 22.5 Å². The largest absolute Gasteiger partial charge is 0.393 e. The first-order chi connectivity index (χ1) is 11.3. The molecule has 1 aliphatic heterocycles. The topological polar surface area (TPSA) is 77.9 Å². The van der Waals surface area contributed by atoms with Gasteiger partial charge in [0.2, 0.25) is 10.0 Å². The highest BCUT2D eigenvalue weighted by atomic mass is 35.5.